The quantitative estimate of drug-likeness (QED) is 0.777. The summed E-state index contributed by atoms with van der Waals surface area (Å²) in [5, 5.41) is 0. The van der Waals surface area contributed by atoms with Crippen molar-refractivity contribution in [3.8, 4) is 0 Å². The molecule has 1 rings (SSSR count). The van der Waals surface area contributed by atoms with Crippen molar-refractivity contribution in [2.45, 2.75) is 13.3 Å². The average molecular weight is 286 g/mol. The molecule has 2 N–H and O–H groups in total. The van der Waals surface area contributed by atoms with Gasteiger partial charge in [0.1, 0.15) is 0 Å². The molecular weight excluding hydrogens is 264 g/mol. The lowest BCUT2D eigenvalue weighted by molar-refractivity contribution is 0.217. The molecule has 0 bridgehead atoms. The van der Waals surface area contributed by atoms with Gasteiger partial charge in [-0.1, -0.05) is 17.7 Å². The summed E-state index contributed by atoms with van der Waals surface area (Å²) in [6.45, 7) is 3.01. The number of rotatable bonds is 8. The van der Waals surface area contributed by atoms with Gasteiger partial charge in [-0.15, -0.1) is 0 Å². The van der Waals surface area contributed by atoms with Crippen molar-refractivity contribution in [3.05, 3.63) is 29.8 Å². The van der Waals surface area contributed by atoms with Gasteiger partial charge in [0.25, 0.3) is 0 Å². The molecule has 0 heterocycles. The van der Waals surface area contributed by atoms with Crippen molar-refractivity contribution < 1.29 is 13.2 Å². The van der Waals surface area contributed by atoms with Crippen molar-refractivity contribution in [3.63, 3.8) is 0 Å². The number of sulfonamides is 1. The number of nitrogens with two attached hydrogens (primary N) is 1. The molecule has 0 aliphatic carbocycles. The van der Waals surface area contributed by atoms with Crippen molar-refractivity contribution in [1.29, 1.82) is 0 Å². The van der Waals surface area contributed by atoms with E-state index in [1.807, 2.05) is 31.2 Å². The Morgan fingerprint density at radius 1 is 1.26 bits per heavy atom. The minimum absolute atomic E-state index is 0.0258. The highest BCUT2D eigenvalue weighted by atomic mass is 32.2. The molecule has 0 unspecified atom stereocenters. The summed E-state index contributed by atoms with van der Waals surface area (Å²) in [5.41, 5.74) is 7.25. The summed E-state index contributed by atoms with van der Waals surface area (Å²) < 4.78 is 30.8. The smallest absolute Gasteiger partial charge is 0.237 e. The Labute approximate surface area is 115 Å². The predicted molar refractivity (Wildman–Crippen MR) is 77.9 cm³/mol. The van der Waals surface area contributed by atoms with E-state index in [0.29, 0.717) is 25.2 Å². The van der Waals surface area contributed by atoms with Crippen LogP contribution in [0.25, 0.3) is 0 Å². The molecule has 108 valence electrons. The fourth-order valence-corrected chi connectivity index (χ4v) is 3.12. The highest BCUT2D eigenvalue weighted by Gasteiger charge is 2.21. The normalized spacial score (nSPS) is 11.5. The number of nitrogens with zero attached hydrogens (tertiary/aromatic N) is 1. The lowest BCUT2D eigenvalue weighted by Gasteiger charge is -2.24. The highest BCUT2D eigenvalue weighted by molar-refractivity contribution is 7.92. The fourth-order valence-electron chi connectivity index (χ4n) is 1.67. The number of benzene rings is 1. The number of methoxy groups -OCH3 is 1. The second kappa shape index (κ2) is 7.47. The lowest BCUT2D eigenvalue weighted by Crippen LogP contribution is -2.36. The molecule has 5 nitrogen and oxygen atoms in total. The van der Waals surface area contributed by atoms with E-state index in [2.05, 4.69) is 0 Å². The molecule has 0 fully saturated rings. The third kappa shape index (κ3) is 4.81. The van der Waals surface area contributed by atoms with Gasteiger partial charge in [0.05, 0.1) is 18.0 Å². The average Bonchev–Trinajstić information content (AvgIpc) is 2.39. The Kier molecular flexibility index (Phi) is 6.27. The largest absolute Gasteiger partial charge is 0.384 e. The zero-order valence-corrected chi connectivity index (χ0v) is 12.3. The van der Waals surface area contributed by atoms with Crippen LogP contribution in [0, 0.1) is 6.92 Å². The maximum Gasteiger partial charge on any atom is 0.237 e. The predicted octanol–water partition coefficient (Wildman–Crippen LogP) is 1.13. The zero-order chi connectivity index (χ0) is 14.3. The zero-order valence-electron chi connectivity index (χ0n) is 11.5. The van der Waals surface area contributed by atoms with Gasteiger partial charge in [-0.2, -0.15) is 0 Å². The first-order chi connectivity index (χ1) is 9.01. The van der Waals surface area contributed by atoms with E-state index in [1.54, 1.807) is 0 Å². The van der Waals surface area contributed by atoms with E-state index in [-0.39, 0.29) is 12.4 Å². The van der Waals surface area contributed by atoms with E-state index in [1.165, 1.54) is 11.4 Å². The third-order valence-electron chi connectivity index (χ3n) is 2.77. The van der Waals surface area contributed by atoms with Crippen LogP contribution in [0.4, 0.5) is 5.69 Å². The lowest BCUT2D eigenvalue weighted by atomic mass is 10.2. The van der Waals surface area contributed by atoms with Gasteiger partial charge in [0, 0.05) is 13.7 Å². The third-order valence-corrected chi connectivity index (χ3v) is 4.52. The minimum atomic E-state index is -3.37. The van der Waals surface area contributed by atoms with Gasteiger partial charge in [-0.3, -0.25) is 4.31 Å². The molecule has 19 heavy (non-hydrogen) atoms. The van der Waals surface area contributed by atoms with E-state index in [0.717, 1.165) is 5.56 Å². The van der Waals surface area contributed by atoms with E-state index < -0.39 is 10.0 Å². The first kappa shape index (κ1) is 15.9. The number of anilines is 1. The molecule has 0 atom stereocenters. The van der Waals surface area contributed by atoms with Crippen molar-refractivity contribution in [1.82, 2.24) is 0 Å². The van der Waals surface area contributed by atoms with Gasteiger partial charge < -0.3 is 10.5 Å². The van der Waals surface area contributed by atoms with Gasteiger partial charge >= 0.3 is 0 Å². The highest BCUT2D eigenvalue weighted by Crippen LogP contribution is 2.19. The molecule has 0 saturated heterocycles. The van der Waals surface area contributed by atoms with E-state index >= 15 is 0 Å². The molecule has 1 aromatic carbocycles. The first-order valence-electron chi connectivity index (χ1n) is 6.27. The monoisotopic (exact) mass is 286 g/mol. The Hall–Kier alpha value is -1.11. The van der Waals surface area contributed by atoms with Crippen LogP contribution < -0.4 is 10.0 Å². The Morgan fingerprint density at radius 2 is 1.89 bits per heavy atom. The number of aryl methyl sites for hydroxylation is 1. The number of hydrogen-bond acceptors (Lipinski definition) is 4. The minimum Gasteiger partial charge on any atom is -0.384 e. The van der Waals surface area contributed by atoms with Crippen LogP contribution in [0.2, 0.25) is 0 Å². The summed E-state index contributed by atoms with van der Waals surface area (Å²) in [6.07, 6.45) is 0.625. The Morgan fingerprint density at radius 3 is 2.42 bits per heavy atom. The molecule has 0 aliphatic rings. The second-order valence-corrected chi connectivity index (χ2v) is 6.37. The van der Waals surface area contributed by atoms with Gasteiger partial charge in [-0.05, 0) is 32.0 Å². The fraction of sp³-hybridized carbons (Fsp3) is 0.538. The summed E-state index contributed by atoms with van der Waals surface area (Å²) in [5.74, 6) is -0.0258. The molecule has 0 saturated carbocycles. The van der Waals surface area contributed by atoms with Gasteiger partial charge in [-0.25, -0.2) is 8.42 Å². The van der Waals surface area contributed by atoms with Crippen LogP contribution in [-0.4, -0.2) is 41.0 Å². The Balaban J connectivity index is 2.96. The summed E-state index contributed by atoms with van der Waals surface area (Å²) in [4.78, 5) is 0. The summed E-state index contributed by atoms with van der Waals surface area (Å²) in [7, 11) is -1.88. The van der Waals surface area contributed by atoms with E-state index in [4.69, 9.17) is 10.5 Å². The molecular formula is C13H22N2O3S. The molecule has 0 amide bonds. The van der Waals surface area contributed by atoms with Gasteiger partial charge in [0.2, 0.25) is 10.0 Å². The number of ether oxygens (including phenoxy) is 1. The van der Waals surface area contributed by atoms with Crippen LogP contribution in [0.1, 0.15) is 12.0 Å². The first-order valence-corrected chi connectivity index (χ1v) is 7.88. The van der Waals surface area contributed by atoms with E-state index in [9.17, 15) is 8.42 Å². The van der Waals surface area contributed by atoms with Crippen molar-refractivity contribution in [2.24, 2.45) is 5.73 Å². The van der Waals surface area contributed by atoms with Crippen molar-refractivity contribution >= 4 is 15.7 Å². The molecule has 6 heteroatoms. The molecule has 0 aromatic heterocycles. The SMILES string of the molecule is COCCS(=O)(=O)N(CCCN)c1ccc(C)cc1. The Bertz CT molecular complexity index is 471. The maximum atomic E-state index is 12.3. The maximum absolute atomic E-state index is 12.3. The molecule has 0 spiro atoms. The topological polar surface area (TPSA) is 72.6 Å². The number of hydrogen-bond donors (Lipinski definition) is 1. The van der Waals surface area contributed by atoms with Crippen LogP contribution >= 0.6 is 0 Å². The molecule has 0 radical (unpaired) electrons. The van der Waals surface area contributed by atoms with Gasteiger partial charge in [0.15, 0.2) is 0 Å². The van der Waals surface area contributed by atoms with Crippen LogP contribution in [0.5, 0.6) is 0 Å². The summed E-state index contributed by atoms with van der Waals surface area (Å²) >= 11 is 0. The van der Waals surface area contributed by atoms with Crippen molar-refractivity contribution in [2.75, 3.05) is 36.9 Å². The summed E-state index contributed by atoms with van der Waals surface area (Å²) in [6, 6.07) is 7.43. The van der Waals surface area contributed by atoms with Crippen LogP contribution in [0.3, 0.4) is 0 Å². The standard InChI is InChI=1S/C13H22N2O3S/c1-12-4-6-13(7-5-12)15(9-3-8-14)19(16,17)11-10-18-2/h4-7H,3,8-11,14H2,1-2H3. The van der Waals surface area contributed by atoms with Crippen LogP contribution in [0.15, 0.2) is 24.3 Å². The molecule has 0 aliphatic heterocycles. The van der Waals surface area contributed by atoms with Crippen LogP contribution in [-0.2, 0) is 14.8 Å². The second-order valence-electron chi connectivity index (χ2n) is 4.36. The molecule has 1 aromatic rings.